The zero-order valence-corrected chi connectivity index (χ0v) is 25.4. The Morgan fingerprint density at radius 3 is 2.12 bits per heavy atom. The van der Waals surface area contributed by atoms with E-state index in [1.165, 1.54) is 49.8 Å². The number of sulfone groups is 1. The topological polar surface area (TPSA) is 144 Å². The number of carbonyl (C=O) groups excluding carboxylic acids is 3. The molecule has 0 aliphatic heterocycles. The molecule has 0 aliphatic rings. The van der Waals surface area contributed by atoms with Gasteiger partial charge in [-0.2, -0.15) is 0 Å². The third-order valence-corrected chi connectivity index (χ3v) is 8.93. The SMILES string of the molecule is COC(=O)[C@H](Cc1ccc(NC(=O)c2c(Cl)cncc2Cl)cc1)NC(=O)Nc1cccc(Cl)c1S(=O)(=O)c1ccccc1. The maximum atomic E-state index is 13.3. The van der Waals surface area contributed by atoms with Gasteiger partial charge in [-0.25, -0.2) is 18.0 Å². The molecule has 10 nitrogen and oxygen atoms in total. The van der Waals surface area contributed by atoms with E-state index in [-0.39, 0.29) is 42.5 Å². The molecule has 0 bridgehead atoms. The van der Waals surface area contributed by atoms with E-state index in [0.29, 0.717) is 11.3 Å². The van der Waals surface area contributed by atoms with Gasteiger partial charge in [-0.3, -0.25) is 9.78 Å². The summed E-state index contributed by atoms with van der Waals surface area (Å²) in [5, 5.41) is 7.77. The van der Waals surface area contributed by atoms with Gasteiger partial charge in [0.15, 0.2) is 0 Å². The van der Waals surface area contributed by atoms with Crippen LogP contribution in [0.2, 0.25) is 15.1 Å². The van der Waals surface area contributed by atoms with Crippen LogP contribution in [0.15, 0.2) is 95.0 Å². The van der Waals surface area contributed by atoms with Crippen LogP contribution in [0.1, 0.15) is 15.9 Å². The number of hydrogen-bond acceptors (Lipinski definition) is 7. The van der Waals surface area contributed by atoms with E-state index in [2.05, 4.69) is 20.9 Å². The van der Waals surface area contributed by atoms with Crippen LogP contribution in [0, 0.1) is 0 Å². The lowest BCUT2D eigenvalue weighted by atomic mass is 10.1. The summed E-state index contributed by atoms with van der Waals surface area (Å²) in [7, 11) is -2.92. The maximum Gasteiger partial charge on any atom is 0.328 e. The molecule has 1 atom stereocenters. The fourth-order valence-corrected chi connectivity index (χ4v) is 6.53. The average molecular weight is 662 g/mol. The highest BCUT2D eigenvalue weighted by molar-refractivity contribution is 7.91. The largest absolute Gasteiger partial charge is 0.467 e. The fourth-order valence-electron chi connectivity index (χ4n) is 4.03. The monoisotopic (exact) mass is 660 g/mol. The summed E-state index contributed by atoms with van der Waals surface area (Å²) >= 11 is 18.4. The first-order chi connectivity index (χ1) is 20.5. The van der Waals surface area contributed by atoms with Crippen molar-refractivity contribution < 1.29 is 27.5 Å². The Bertz CT molecular complexity index is 1750. The molecule has 0 unspecified atom stereocenters. The smallest absolute Gasteiger partial charge is 0.328 e. The number of pyridine rings is 1. The standard InChI is InChI=1S/C29H23Cl3N4O6S/c1-42-28(38)24(14-17-10-12-18(13-11-17)34-27(37)25-21(31)15-33-16-22(25)32)36-29(39)35-23-9-5-8-20(30)26(23)43(40,41)19-6-3-2-4-7-19/h2-13,15-16,24H,14H2,1H3,(H,34,37)(H2,35,36,39)/t24-/m0/s1. The predicted molar refractivity (Wildman–Crippen MR) is 164 cm³/mol. The van der Waals surface area contributed by atoms with Crippen molar-refractivity contribution in [2.45, 2.75) is 22.3 Å². The van der Waals surface area contributed by atoms with Crippen molar-refractivity contribution in [1.82, 2.24) is 10.3 Å². The van der Waals surface area contributed by atoms with Crippen LogP contribution in [0.3, 0.4) is 0 Å². The van der Waals surface area contributed by atoms with Crippen molar-refractivity contribution >= 4 is 73.9 Å². The lowest BCUT2D eigenvalue weighted by molar-refractivity contribution is -0.142. The van der Waals surface area contributed by atoms with Crippen LogP contribution in [0.25, 0.3) is 0 Å². The highest BCUT2D eigenvalue weighted by Crippen LogP contribution is 2.34. The van der Waals surface area contributed by atoms with E-state index in [0.717, 1.165) is 0 Å². The van der Waals surface area contributed by atoms with Crippen molar-refractivity contribution in [2.75, 3.05) is 17.7 Å². The average Bonchev–Trinajstić information content (AvgIpc) is 2.97. The molecule has 0 radical (unpaired) electrons. The minimum Gasteiger partial charge on any atom is -0.467 e. The molecule has 1 aromatic heterocycles. The summed E-state index contributed by atoms with van der Waals surface area (Å²) in [5.74, 6) is -1.27. The number of rotatable bonds is 9. The first-order valence-corrected chi connectivity index (χ1v) is 15.1. The molecular formula is C29H23Cl3N4O6S. The van der Waals surface area contributed by atoms with Crippen molar-refractivity contribution in [3.8, 4) is 0 Å². The molecule has 0 saturated heterocycles. The summed E-state index contributed by atoms with van der Waals surface area (Å²) in [6.45, 7) is 0. The molecule has 3 aromatic carbocycles. The van der Waals surface area contributed by atoms with Gasteiger partial charge in [0.05, 0.1) is 38.3 Å². The number of aromatic nitrogens is 1. The van der Waals surface area contributed by atoms with Crippen molar-refractivity contribution in [3.05, 3.63) is 111 Å². The Morgan fingerprint density at radius 2 is 1.49 bits per heavy atom. The van der Waals surface area contributed by atoms with E-state index >= 15 is 0 Å². The number of carbonyl (C=O) groups is 3. The number of ether oxygens (including phenoxy) is 1. The zero-order chi connectivity index (χ0) is 31.1. The van der Waals surface area contributed by atoms with E-state index in [1.54, 1.807) is 42.5 Å². The van der Waals surface area contributed by atoms with Crippen LogP contribution < -0.4 is 16.0 Å². The molecule has 1 heterocycles. The number of nitrogens with one attached hydrogen (secondary N) is 3. The van der Waals surface area contributed by atoms with Gasteiger partial charge in [-0.1, -0.05) is 71.2 Å². The van der Waals surface area contributed by atoms with Crippen molar-refractivity contribution in [2.24, 2.45) is 0 Å². The van der Waals surface area contributed by atoms with Crippen LogP contribution in [-0.2, 0) is 25.8 Å². The summed E-state index contributed by atoms with van der Waals surface area (Å²) in [4.78, 5) is 41.7. The quantitative estimate of drug-likeness (QED) is 0.186. The number of esters is 1. The minimum absolute atomic E-state index is 0.00870. The second-order valence-electron chi connectivity index (χ2n) is 8.94. The van der Waals surface area contributed by atoms with Gasteiger partial charge in [0, 0.05) is 24.5 Å². The van der Waals surface area contributed by atoms with Crippen molar-refractivity contribution in [1.29, 1.82) is 0 Å². The van der Waals surface area contributed by atoms with Crippen LogP contribution in [0.5, 0.6) is 0 Å². The number of halogens is 3. The Balaban J connectivity index is 1.48. The molecule has 0 aliphatic carbocycles. The number of anilines is 2. The zero-order valence-electron chi connectivity index (χ0n) is 22.3. The van der Waals surface area contributed by atoms with E-state index < -0.39 is 33.8 Å². The van der Waals surface area contributed by atoms with Crippen LogP contribution in [-0.4, -0.2) is 44.5 Å². The molecule has 14 heteroatoms. The summed E-state index contributed by atoms with van der Waals surface area (Å²) in [6, 6.07) is 16.3. The molecule has 222 valence electrons. The Hall–Kier alpha value is -4.16. The molecule has 3 amide bonds. The fraction of sp³-hybridized carbons (Fsp3) is 0.103. The van der Waals surface area contributed by atoms with Gasteiger partial charge >= 0.3 is 12.0 Å². The highest BCUT2D eigenvalue weighted by atomic mass is 35.5. The van der Waals surface area contributed by atoms with Gasteiger partial charge < -0.3 is 20.7 Å². The number of hydrogen-bond donors (Lipinski definition) is 3. The van der Waals surface area contributed by atoms with Gasteiger partial charge in [-0.05, 0) is 42.0 Å². The van der Waals surface area contributed by atoms with E-state index in [4.69, 9.17) is 39.5 Å². The Kier molecular flexibility index (Phi) is 10.3. The van der Waals surface area contributed by atoms with Crippen molar-refractivity contribution in [3.63, 3.8) is 0 Å². The lowest BCUT2D eigenvalue weighted by Gasteiger charge is -2.19. The number of nitrogens with zero attached hydrogens (tertiary/aromatic N) is 1. The van der Waals surface area contributed by atoms with Crippen LogP contribution >= 0.6 is 34.8 Å². The summed E-state index contributed by atoms with van der Waals surface area (Å²) in [5.41, 5.74) is 1.03. The van der Waals surface area contributed by atoms with E-state index in [9.17, 15) is 22.8 Å². The lowest BCUT2D eigenvalue weighted by Crippen LogP contribution is -2.45. The van der Waals surface area contributed by atoms with Crippen LogP contribution in [0.4, 0.5) is 16.2 Å². The summed E-state index contributed by atoms with van der Waals surface area (Å²) < 4.78 is 31.5. The summed E-state index contributed by atoms with van der Waals surface area (Å²) in [6.07, 6.45) is 2.62. The normalized spacial score (nSPS) is 11.7. The van der Waals surface area contributed by atoms with Gasteiger partial charge in [0.1, 0.15) is 10.9 Å². The predicted octanol–water partition coefficient (Wildman–Crippen LogP) is 6.03. The highest BCUT2D eigenvalue weighted by Gasteiger charge is 2.27. The molecule has 0 fully saturated rings. The molecule has 0 saturated carbocycles. The van der Waals surface area contributed by atoms with Gasteiger partial charge in [0.2, 0.25) is 9.84 Å². The number of urea groups is 1. The van der Waals surface area contributed by atoms with E-state index in [1.807, 2.05) is 0 Å². The molecule has 4 rings (SSSR count). The number of methoxy groups -OCH3 is 1. The second-order valence-corrected chi connectivity index (χ2v) is 12.0. The molecule has 43 heavy (non-hydrogen) atoms. The minimum atomic E-state index is -4.09. The molecule has 3 N–H and O–H groups in total. The number of amides is 3. The Labute approximate surface area is 262 Å². The second kappa shape index (κ2) is 13.9. The first-order valence-electron chi connectivity index (χ1n) is 12.4. The first kappa shape index (κ1) is 31.8. The van der Waals surface area contributed by atoms with Gasteiger partial charge in [-0.15, -0.1) is 0 Å². The third-order valence-electron chi connectivity index (χ3n) is 6.06. The molecule has 4 aromatic rings. The van der Waals surface area contributed by atoms with Gasteiger partial charge in [0.25, 0.3) is 5.91 Å². The third kappa shape index (κ3) is 7.63. The molecule has 0 spiro atoms. The molecular weight excluding hydrogens is 639 g/mol. The maximum absolute atomic E-state index is 13.3. The Morgan fingerprint density at radius 1 is 0.837 bits per heavy atom. The number of benzene rings is 3.